The van der Waals surface area contributed by atoms with Crippen LogP contribution in [0.25, 0.3) is 6.08 Å². The summed E-state index contributed by atoms with van der Waals surface area (Å²) in [5, 5.41) is 12.0. The van der Waals surface area contributed by atoms with E-state index in [1.807, 2.05) is 24.3 Å². The van der Waals surface area contributed by atoms with Crippen molar-refractivity contribution in [3.8, 4) is 17.6 Å². The number of ether oxygens (including phenoxy) is 2. The first-order chi connectivity index (χ1) is 11.6. The summed E-state index contributed by atoms with van der Waals surface area (Å²) in [7, 11) is 3.04. The molecule has 0 fully saturated rings. The maximum absolute atomic E-state index is 12.3. The van der Waals surface area contributed by atoms with E-state index >= 15 is 0 Å². The van der Waals surface area contributed by atoms with Gasteiger partial charge in [0, 0.05) is 14.8 Å². The Morgan fingerprint density at radius 2 is 1.96 bits per heavy atom. The zero-order chi connectivity index (χ0) is 17.5. The molecule has 0 heterocycles. The summed E-state index contributed by atoms with van der Waals surface area (Å²) < 4.78 is 11.5. The van der Waals surface area contributed by atoms with Crippen LogP contribution < -0.4 is 14.8 Å². The minimum Gasteiger partial charge on any atom is -0.493 e. The van der Waals surface area contributed by atoms with Crippen LogP contribution in [0.3, 0.4) is 0 Å². The van der Waals surface area contributed by atoms with Crippen molar-refractivity contribution in [2.24, 2.45) is 0 Å². The number of rotatable bonds is 5. The van der Waals surface area contributed by atoms with E-state index in [-0.39, 0.29) is 5.57 Å². The number of carbonyl (C=O) groups is 1. The molecule has 2 rings (SSSR count). The minimum absolute atomic E-state index is 0.0274. The van der Waals surface area contributed by atoms with Crippen LogP contribution in [0.1, 0.15) is 5.56 Å². The van der Waals surface area contributed by atoms with Crippen molar-refractivity contribution < 1.29 is 14.3 Å². The second kappa shape index (κ2) is 8.36. The van der Waals surface area contributed by atoms with Crippen LogP contribution in [0.5, 0.6) is 11.5 Å². The first-order valence-electron chi connectivity index (χ1n) is 6.98. The quantitative estimate of drug-likeness (QED) is 0.441. The molecule has 0 aliphatic carbocycles. The highest BCUT2D eigenvalue weighted by atomic mass is 127. The van der Waals surface area contributed by atoms with Crippen LogP contribution >= 0.6 is 22.6 Å². The average Bonchev–Trinajstić information content (AvgIpc) is 2.59. The van der Waals surface area contributed by atoms with Gasteiger partial charge in [-0.1, -0.05) is 18.2 Å². The maximum Gasteiger partial charge on any atom is 0.266 e. The van der Waals surface area contributed by atoms with Gasteiger partial charge in [-0.2, -0.15) is 5.26 Å². The fourth-order valence-electron chi connectivity index (χ4n) is 2.09. The molecule has 6 heteroatoms. The predicted octanol–water partition coefficient (Wildman–Crippen LogP) is 3.85. The SMILES string of the molecule is COc1cccc(/C=C(\C#N)C(=O)Nc2cccc(I)c2)c1OC. The molecule has 122 valence electrons. The summed E-state index contributed by atoms with van der Waals surface area (Å²) in [5.74, 6) is 0.515. The standard InChI is InChI=1S/C18H15IN2O3/c1-23-16-8-3-5-12(17(16)24-2)9-13(11-20)18(22)21-15-7-4-6-14(19)10-15/h3-10H,1-2H3,(H,21,22)/b13-9+. The van der Waals surface area contributed by atoms with Gasteiger partial charge >= 0.3 is 0 Å². The molecule has 0 aliphatic heterocycles. The topological polar surface area (TPSA) is 71.3 Å². The van der Waals surface area contributed by atoms with Crippen molar-refractivity contribution in [1.29, 1.82) is 5.26 Å². The molecule has 0 aromatic heterocycles. The van der Waals surface area contributed by atoms with Gasteiger partial charge in [0.1, 0.15) is 11.6 Å². The van der Waals surface area contributed by atoms with Gasteiger partial charge in [0.2, 0.25) is 0 Å². The summed E-state index contributed by atoms with van der Waals surface area (Å²) in [6.07, 6.45) is 1.48. The number of methoxy groups -OCH3 is 2. The van der Waals surface area contributed by atoms with Crippen molar-refractivity contribution >= 4 is 40.3 Å². The summed E-state index contributed by atoms with van der Waals surface area (Å²) in [4.78, 5) is 12.3. The smallest absolute Gasteiger partial charge is 0.266 e. The van der Waals surface area contributed by atoms with Gasteiger partial charge in [0.05, 0.1) is 14.2 Å². The molecule has 0 saturated carbocycles. The lowest BCUT2D eigenvalue weighted by molar-refractivity contribution is -0.112. The Morgan fingerprint density at radius 3 is 2.58 bits per heavy atom. The summed E-state index contributed by atoms with van der Waals surface area (Å²) in [6, 6.07) is 14.5. The van der Waals surface area contributed by atoms with Crippen LogP contribution in [-0.4, -0.2) is 20.1 Å². The number of hydrogen-bond acceptors (Lipinski definition) is 4. The monoisotopic (exact) mass is 434 g/mol. The highest BCUT2D eigenvalue weighted by Gasteiger charge is 2.13. The summed E-state index contributed by atoms with van der Waals surface area (Å²) >= 11 is 2.15. The van der Waals surface area contributed by atoms with Gasteiger partial charge in [0.15, 0.2) is 11.5 Å². The zero-order valence-electron chi connectivity index (χ0n) is 13.2. The Labute approximate surface area is 154 Å². The van der Waals surface area contributed by atoms with Crippen molar-refractivity contribution in [2.75, 3.05) is 19.5 Å². The minimum atomic E-state index is -0.482. The maximum atomic E-state index is 12.3. The van der Waals surface area contributed by atoms with Crippen LogP contribution in [0.15, 0.2) is 48.0 Å². The molecule has 0 unspecified atom stereocenters. The number of para-hydroxylation sites is 1. The average molecular weight is 434 g/mol. The number of halogens is 1. The van der Waals surface area contributed by atoms with Crippen LogP contribution in [0, 0.1) is 14.9 Å². The normalized spacial score (nSPS) is 10.7. The van der Waals surface area contributed by atoms with E-state index in [9.17, 15) is 10.1 Å². The van der Waals surface area contributed by atoms with Gasteiger partial charge in [-0.25, -0.2) is 0 Å². The number of amides is 1. The van der Waals surface area contributed by atoms with E-state index < -0.39 is 5.91 Å². The Balaban J connectivity index is 2.33. The second-order valence-electron chi connectivity index (χ2n) is 4.72. The van der Waals surface area contributed by atoms with Gasteiger partial charge < -0.3 is 14.8 Å². The molecular formula is C18H15IN2O3. The van der Waals surface area contributed by atoms with E-state index in [0.717, 1.165) is 3.57 Å². The predicted molar refractivity (Wildman–Crippen MR) is 101 cm³/mol. The molecule has 0 spiro atoms. The number of benzene rings is 2. The second-order valence-corrected chi connectivity index (χ2v) is 5.96. The number of nitrogens with one attached hydrogen (secondary N) is 1. The molecule has 2 aromatic carbocycles. The number of hydrogen-bond donors (Lipinski definition) is 1. The summed E-state index contributed by atoms with van der Waals surface area (Å²) in [6.45, 7) is 0. The fraction of sp³-hybridized carbons (Fsp3) is 0.111. The van der Waals surface area contributed by atoms with Crippen LogP contribution in [-0.2, 0) is 4.79 Å². The van der Waals surface area contributed by atoms with Crippen molar-refractivity contribution in [1.82, 2.24) is 0 Å². The molecule has 24 heavy (non-hydrogen) atoms. The molecule has 1 amide bonds. The van der Waals surface area contributed by atoms with Crippen molar-refractivity contribution in [3.05, 3.63) is 57.2 Å². The molecular weight excluding hydrogens is 419 g/mol. The highest BCUT2D eigenvalue weighted by molar-refractivity contribution is 14.1. The molecule has 0 bridgehead atoms. The van der Waals surface area contributed by atoms with Gasteiger partial charge in [-0.15, -0.1) is 0 Å². The third kappa shape index (κ3) is 4.26. The molecule has 0 saturated heterocycles. The number of anilines is 1. The molecule has 5 nitrogen and oxygen atoms in total. The van der Waals surface area contributed by atoms with Crippen LogP contribution in [0.2, 0.25) is 0 Å². The van der Waals surface area contributed by atoms with Gasteiger partial charge in [-0.3, -0.25) is 4.79 Å². The third-order valence-electron chi connectivity index (χ3n) is 3.18. The van der Waals surface area contributed by atoms with Gasteiger partial charge in [0.25, 0.3) is 5.91 Å². The molecule has 0 aliphatic rings. The van der Waals surface area contributed by atoms with Crippen LogP contribution in [0.4, 0.5) is 5.69 Å². The highest BCUT2D eigenvalue weighted by Crippen LogP contribution is 2.32. The third-order valence-corrected chi connectivity index (χ3v) is 3.85. The van der Waals surface area contributed by atoms with E-state index in [1.54, 1.807) is 24.3 Å². The molecule has 0 atom stereocenters. The number of carbonyl (C=O) groups excluding carboxylic acids is 1. The number of nitriles is 1. The largest absolute Gasteiger partial charge is 0.493 e. The lowest BCUT2D eigenvalue weighted by atomic mass is 10.1. The molecule has 2 aromatic rings. The fourth-order valence-corrected chi connectivity index (χ4v) is 2.64. The molecule has 0 radical (unpaired) electrons. The van der Waals surface area contributed by atoms with Crippen molar-refractivity contribution in [3.63, 3.8) is 0 Å². The van der Waals surface area contributed by atoms with E-state index in [2.05, 4.69) is 27.9 Å². The summed E-state index contributed by atoms with van der Waals surface area (Å²) in [5.41, 5.74) is 1.19. The van der Waals surface area contributed by atoms with Gasteiger partial charge in [-0.05, 0) is 52.9 Å². The lowest BCUT2D eigenvalue weighted by Gasteiger charge is -2.10. The first kappa shape index (κ1) is 17.8. The van der Waals surface area contributed by atoms with Crippen molar-refractivity contribution in [2.45, 2.75) is 0 Å². The van der Waals surface area contributed by atoms with E-state index in [1.165, 1.54) is 20.3 Å². The van der Waals surface area contributed by atoms with E-state index in [4.69, 9.17) is 9.47 Å². The Kier molecular flexibility index (Phi) is 6.21. The zero-order valence-corrected chi connectivity index (χ0v) is 15.3. The first-order valence-corrected chi connectivity index (χ1v) is 8.06. The molecule has 1 N–H and O–H groups in total. The Hall–Kier alpha value is -2.53. The Morgan fingerprint density at radius 1 is 1.21 bits per heavy atom. The number of nitrogens with zero attached hydrogens (tertiary/aromatic N) is 1. The van der Waals surface area contributed by atoms with E-state index in [0.29, 0.717) is 22.7 Å². The Bertz CT molecular complexity index is 825. The lowest BCUT2D eigenvalue weighted by Crippen LogP contribution is -2.13.